The fourth-order valence-electron chi connectivity index (χ4n) is 1.42. The molecule has 90 valence electrons. The Hall–Kier alpha value is -1.95. The highest BCUT2D eigenvalue weighted by Gasteiger charge is 2.12. The quantitative estimate of drug-likeness (QED) is 0.815. The van der Waals surface area contributed by atoms with Crippen LogP contribution in [0.3, 0.4) is 0 Å². The number of aliphatic hydroxyl groups is 1. The van der Waals surface area contributed by atoms with Crippen molar-refractivity contribution < 1.29 is 14.4 Å². The number of aryl methyl sites for hydroxylation is 1. The third-order valence-corrected chi connectivity index (χ3v) is 2.42. The Bertz CT molecular complexity index is 550. The Morgan fingerprint density at radius 1 is 1.65 bits per heavy atom. The standard InChI is InChI=1S/C11H13N3O3/c1-6(5-15)13-10(16)8-3-9-7(2)14-17-11(9)12-4-8/h3-4,6,15H,5H2,1-2H3,(H,13,16)/t6-/m0/s1. The molecule has 0 saturated heterocycles. The summed E-state index contributed by atoms with van der Waals surface area (Å²) in [5.74, 6) is -0.276. The molecule has 0 aliphatic carbocycles. The first kappa shape index (κ1) is 11.5. The van der Waals surface area contributed by atoms with Crippen LogP contribution < -0.4 is 5.32 Å². The summed E-state index contributed by atoms with van der Waals surface area (Å²) in [6, 6.07) is 1.38. The van der Waals surface area contributed by atoms with Gasteiger partial charge in [-0.2, -0.15) is 0 Å². The number of aromatic nitrogens is 2. The summed E-state index contributed by atoms with van der Waals surface area (Å²) < 4.78 is 4.95. The molecule has 1 atom stereocenters. The van der Waals surface area contributed by atoms with E-state index >= 15 is 0 Å². The molecule has 2 N–H and O–H groups in total. The normalized spacial score (nSPS) is 12.6. The number of pyridine rings is 1. The Balaban J connectivity index is 2.29. The van der Waals surface area contributed by atoms with Crippen LogP contribution in [0.4, 0.5) is 0 Å². The molecule has 0 unspecified atom stereocenters. The zero-order valence-electron chi connectivity index (χ0n) is 9.60. The van der Waals surface area contributed by atoms with Gasteiger partial charge >= 0.3 is 0 Å². The van der Waals surface area contributed by atoms with Crippen LogP contribution in [-0.2, 0) is 0 Å². The molecule has 0 bridgehead atoms. The number of fused-ring (bicyclic) bond motifs is 1. The number of hydrogen-bond donors (Lipinski definition) is 2. The highest BCUT2D eigenvalue weighted by atomic mass is 16.5. The van der Waals surface area contributed by atoms with Gasteiger partial charge in [0.05, 0.1) is 23.3 Å². The second-order valence-electron chi connectivity index (χ2n) is 3.90. The lowest BCUT2D eigenvalue weighted by Crippen LogP contribution is -2.35. The van der Waals surface area contributed by atoms with Gasteiger partial charge in [0.2, 0.25) is 0 Å². The van der Waals surface area contributed by atoms with Crippen molar-refractivity contribution in [3.63, 3.8) is 0 Å². The molecular formula is C11H13N3O3. The van der Waals surface area contributed by atoms with Crippen molar-refractivity contribution in [1.29, 1.82) is 0 Å². The van der Waals surface area contributed by atoms with Crippen LogP contribution in [0.1, 0.15) is 23.0 Å². The fraction of sp³-hybridized carbons (Fsp3) is 0.364. The second kappa shape index (κ2) is 4.50. The second-order valence-corrected chi connectivity index (χ2v) is 3.90. The molecule has 0 spiro atoms. The van der Waals surface area contributed by atoms with E-state index in [-0.39, 0.29) is 18.6 Å². The predicted molar refractivity (Wildman–Crippen MR) is 60.6 cm³/mol. The molecule has 1 amide bonds. The summed E-state index contributed by atoms with van der Waals surface area (Å²) in [6.07, 6.45) is 1.42. The molecule has 2 rings (SSSR count). The Morgan fingerprint density at radius 3 is 3.12 bits per heavy atom. The summed E-state index contributed by atoms with van der Waals surface area (Å²) in [7, 11) is 0. The summed E-state index contributed by atoms with van der Waals surface area (Å²) >= 11 is 0. The number of aliphatic hydroxyl groups excluding tert-OH is 1. The van der Waals surface area contributed by atoms with E-state index in [2.05, 4.69) is 15.5 Å². The van der Waals surface area contributed by atoms with Crippen molar-refractivity contribution in [2.45, 2.75) is 19.9 Å². The first-order valence-electron chi connectivity index (χ1n) is 5.25. The van der Waals surface area contributed by atoms with Crippen molar-refractivity contribution in [2.24, 2.45) is 0 Å². The van der Waals surface area contributed by atoms with E-state index in [1.807, 2.05) is 0 Å². The van der Waals surface area contributed by atoms with Crippen LogP contribution in [0.25, 0.3) is 11.1 Å². The number of rotatable bonds is 3. The van der Waals surface area contributed by atoms with Gasteiger partial charge < -0.3 is 14.9 Å². The molecule has 0 aliphatic heterocycles. The summed E-state index contributed by atoms with van der Waals surface area (Å²) in [4.78, 5) is 15.8. The number of nitrogens with zero attached hydrogens (tertiary/aromatic N) is 2. The topological polar surface area (TPSA) is 88.2 Å². The van der Waals surface area contributed by atoms with Crippen molar-refractivity contribution in [2.75, 3.05) is 6.61 Å². The number of amides is 1. The molecule has 6 heteroatoms. The molecule has 0 fully saturated rings. The Labute approximate surface area is 97.6 Å². The third kappa shape index (κ3) is 2.26. The Morgan fingerprint density at radius 2 is 2.41 bits per heavy atom. The average molecular weight is 235 g/mol. The zero-order valence-corrected chi connectivity index (χ0v) is 9.60. The van der Waals surface area contributed by atoms with E-state index < -0.39 is 0 Å². The molecule has 0 saturated carbocycles. The van der Waals surface area contributed by atoms with Gasteiger partial charge in [-0.1, -0.05) is 5.16 Å². The zero-order chi connectivity index (χ0) is 12.4. The lowest BCUT2D eigenvalue weighted by molar-refractivity contribution is 0.0922. The summed E-state index contributed by atoms with van der Waals surface area (Å²) in [5, 5.41) is 16.0. The predicted octanol–water partition coefficient (Wildman–Crippen LogP) is 0.642. The molecule has 17 heavy (non-hydrogen) atoms. The minimum atomic E-state index is -0.290. The third-order valence-electron chi connectivity index (χ3n) is 2.42. The van der Waals surface area contributed by atoms with Gasteiger partial charge in [0.15, 0.2) is 0 Å². The minimum Gasteiger partial charge on any atom is -0.394 e. The minimum absolute atomic E-state index is 0.103. The van der Waals surface area contributed by atoms with Crippen molar-refractivity contribution >= 4 is 17.0 Å². The highest BCUT2D eigenvalue weighted by molar-refractivity contribution is 5.97. The number of nitrogens with one attached hydrogen (secondary N) is 1. The maximum absolute atomic E-state index is 11.8. The first-order chi connectivity index (χ1) is 8.11. The molecule has 0 radical (unpaired) electrons. The van der Waals surface area contributed by atoms with Gasteiger partial charge in [-0.25, -0.2) is 4.98 Å². The molecule has 0 aromatic carbocycles. The van der Waals surface area contributed by atoms with Crippen LogP contribution in [0.2, 0.25) is 0 Å². The van der Waals surface area contributed by atoms with E-state index in [9.17, 15) is 4.79 Å². The molecular weight excluding hydrogens is 222 g/mol. The van der Waals surface area contributed by atoms with Gasteiger partial charge in [-0.3, -0.25) is 4.79 Å². The maximum atomic E-state index is 11.8. The average Bonchev–Trinajstić information content (AvgIpc) is 2.70. The van der Waals surface area contributed by atoms with Gasteiger partial charge in [0, 0.05) is 12.2 Å². The fourth-order valence-corrected chi connectivity index (χ4v) is 1.42. The summed E-state index contributed by atoms with van der Waals surface area (Å²) in [5.41, 5.74) is 1.52. The van der Waals surface area contributed by atoms with E-state index in [0.717, 1.165) is 0 Å². The molecule has 0 aliphatic rings. The lowest BCUT2D eigenvalue weighted by atomic mass is 10.2. The number of carbonyl (C=O) groups excluding carboxylic acids is 1. The number of hydrogen-bond acceptors (Lipinski definition) is 5. The van der Waals surface area contributed by atoms with Gasteiger partial charge in [0.1, 0.15) is 0 Å². The summed E-state index contributed by atoms with van der Waals surface area (Å²) in [6.45, 7) is 3.40. The van der Waals surface area contributed by atoms with E-state index in [1.165, 1.54) is 6.20 Å². The van der Waals surface area contributed by atoms with Crippen molar-refractivity contribution in [1.82, 2.24) is 15.5 Å². The van der Waals surface area contributed by atoms with Gasteiger partial charge in [0.25, 0.3) is 11.6 Å². The monoisotopic (exact) mass is 235 g/mol. The van der Waals surface area contributed by atoms with E-state index in [0.29, 0.717) is 22.4 Å². The van der Waals surface area contributed by atoms with Crippen LogP contribution in [0, 0.1) is 6.92 Å². The van der Waals surface area contributed by atoms with E-state index in [4.69, 9.17) is 9.63 Å². The number of carbonyl (C=O) groups is 1. The molecule has 2 aromatic rings. The van der Waals surface area contributed by atoms with Crippen molar-refractivity contribution in [3.8, 4) is 0 Å². The van der Waals surface area contributed by atoms with Crippen LogP contribution in [0.5, 0.6) is 0 Å². The highest BCUT2D eigenvalue weighted by Crippen LogP contribution is 2.16. The van der Waals surface area contributed by atoms with Gasteiger partial charge in [-0.05, 0) is 19.9 Å². The van der Waals surface area contributed by atoms with Crippen LogP contribution >= 0.6 is 0 Å². The largest absolute Gasteiger partial charge is 0.394 e. The molecule has 2 aromatic heterocycles. The smallest absolute Gasteiger partial charge is 0.257 e. The van der Waals surface area contributed by atoms with E-state index in [1.54, 1.807) is 19.9 Å². The first-order valence-corrected chi connectivity index (χ1v) is 5.25. The van der Waals surface area contributed by atoms with Crippen LogP contribution in [-0.4, -0.2) is 33.8 Å². The van der Waals surface area contributed by atoms with Crippen molar-refractivity contribution in [3.05, 3.63) is 23.5 Å². The lowest BCUT2D eigenvalue weighted by Gasteiger charge is -2.10. The molecule has 2 heterocycles. The van der Waals surface area contributed by atoms with Gasteiger partial charge in [-0.15, -0.1) is 0 Å². The van der Waals surface area contributed by atoms with Crippen LogP contribution in [0.15, 0.2) is 16.8 Å². The maximum Gasteiger partial charge on any atom is 0.257 e. The molecule has 6 nitrogen and oxygen atoms in total. The Kier molecular flexibility index (Phi) is 3.06. The SMILES string of the molecule is Cc1noc2ncc(C(=O)N[C@@H](C)CO)cc12.